The number of rotatable bonds is 5. The highest BCUT2D eigenvalue weighted by molar-refractivity contribution is 5.81. The summed E-state index contributed by atoms with van der Waals surface area (Å²) in [5.74, 6) is 0.628. The van der Waals surface area contributed by atoms with Crippen molar-refractivity contribution in [3.63, 3.8) is 0 Å². The van der Waals surface area contributed by atoms with Gasteiger partial charge in [-0.2, -0.15) is 0 Å². The van der Waals surface area contributed by atoms with Crippen LogP contribution >= 0.6 is 0 Å². The fourth-order valence-electron chi connectivity index (χ4n) is 1.56. The molecule has 0 aliphatic carbocycles. The molecule has 0 bridgehead atoms. The first-order valence-electron chi connectivity index (χ1n) is 5.83. The lowest BCUT2D eigenvalue weighted by molar-refractivity contribution is -0.128. The Morgan fingerprint density at radius 1 is 1.41 bits per heavy atom. The molecule has 94 valence electrons. The van der Waals surface area contributed by atoms with Gasteiger partial charge in [0.15, 0.2) is 0 Å². The number of nitrogen functional groups attached to an aromatic ring is 1. The second-order valence-corrected chi connectivity index (χ2v) is 3.81. The molecule has 1 aromatic rings. The van der Waals surface area contributed by atoms with Crippen molar-refractivity contribution < 1.29 is 4.79 Å². The first-order valence-corrected chi connectivity index (χ1v) is 5.83. The lowest BCUT2D eigenvalue weighted by atomic mass is 10.3. The highest BCUT2D eigenvalue weighted by atomic mass is 16.2. The average Bonchev–Trinajstić information content (AvgIpc) is 2.32. The van der Waals surface area contributed by atoms with Gasteiger partial charge >= 0.3 is 0 Å². The van der Waals surface area contributed by atoms with E-state index in [9.17, 15) is 4.79 Å². The quantitative estimate of drug-likeness (QED) is 0.807. The third kappa shape index (κ3) is 3.62. The lowest BCUT2D eigenvalue weighted by Gasteiger charge is -2.19. The van der Waals surface area contributed by atoms with Crippen LogP contribution in [0.1, 0.15) is 19.5 Å². The van der Waals surface area contributed by atoms with Gasteiger partial charge in [-0.05, 0) is 32.9 Å². The molecule has 17 heavy (non-hydrogen) atoms. The van der Waals surface area contributed by atoms with Crippen LogP contribution in [-0.4, -0.2) is 35.4 Å². The largest absolute Gasteiger partial charge is 0.396 e. The molecule has 0 aliphatic rings. The standard InChI is InChI=1S/C12H20N4O/c1-4-16(5-2)11(17)8-14-12-10(13)7-6-9(3)15-12/h6-7H,4-5,8,13H2,1-3H3,(H,14,15). The summed E-state index contributed by atoms with van der Waals surface area (Å²) >= 11 is 0. The van der Waals surface area contributed by atoms with Gasteiger partial charge in [0.1, 0.15) is 5.82 Å². The molecule has 0 spiro atoms. The average molecular weight is 236 g/mol. The fraction of sp³-hybridized carbons (Fsp3) is 0.500. The Bertz CT molecular complexity index is 388. The van der Waals surface area contributed by atoms with Crippen molar-refractivity contribution in [2.24, 2.45) is 0 Å². The molecule has 0 fully saturated rings. The Hall–Kier alpha value is -1.78. The molecule has 3 N–H and O–H groups in total. The van der Waals surface area contributed by atoms with E-state index in [0.717, 1.165) is 5.69 Å². The number of pyridine rings is 1. The van der Waals surface area contributed by atoms with Gasteiger partial charge in [0.05, 0.1) is 12.2 Å². The monoisotopic (exact) mass is 236 g/mol. The van der Waals surface area contributed by atoms with E-state index in [1.807, 2.05) is 26.8 Å². The van der Waals surface area contributed by atoms with Crippen LogP contribution in [0.15, 0.2) is 12.1 Å². The van der Waals surface area contributed by atoms with E-state index < -0.39 is 0 Å². The van der Waals surface area contributed by atoms with E-state index in [-0.39, 0.29) is 12.5 Å². The summed E-state index contributed by atoms with van der Waals surface area (Å²) in [7, 11) is 0. The van der Waals surface area contributed by atoms with Gasteiger partial charge in [-0.3, -0.25) is 4.79 Å². The highest BCUT2D eigenvalue weighted by Gasteiger charge is 2.10. The molecule has 0 aromatic carbocycles. The van der Waals surface area contributed by atoms with Crippen molar-refractivity contribution in [1.82, 2.24) is 9.88 Å². The van der Waals surface area contributed by atoms with Crippen LogP contribution in [0, 0.1) is 6.92 Å². The Labute approximate surface area is 102 Å². The third-order valence-electron chi connectivity index (χ3n) is 2.59. The summed E-state index contributed by atoms with van der Waals surface area (Å²) in [6.45, 7) is 7.46. The number of aromatic nitrogens is 1. The van der Waals surface area contributed by atoms with Crippen LogP contribution < -0.4 is 11.1 Å². The number of carbonyl (C=O) groups is 1. The number of nitrogens with two attached hydrogens (primary N) is 1. The lowest BCUT2D eigenvalue weighted by Crippen LogP contribution is -2.35. The summed E-state index contributed by atoms with van der Waals surface area (Å²) in [5, 5.41) is 2.98. The fourth-order valence-corrected chi connectivity index (χ4v) is 1.56. The minimum absolute atomic E-state index is 0.0534. The molecule has 0 radical (unpaired) electrons. The van der Waals surface area contributed by atoms with E-state index in [4.69, 9.17) is 5.73 Å². The zero-order valence-electron chi connectivity index (χ0n) is 10.7. The van der Waals surface area contributed by atoms with Gasteiger partial charge in [-0.15, -0.1) is 0 Å². The molecule has 1 aromatic heterocycles. The van der Waals surface area contributed by atoms with Crippen molar-refractivity contribution in [2.75, 3.05) is 30.7 Å². The van der Waals surface area contributed by atoms with Gasteiger partial charge in [0.2, 0.25) is 5.91 Å². The van der Waals surface area contributed by atoms with Crippen LogP contribution in [0.5, 0.6) is 0 Å². The van der Waals surface area contributed by atoms with Gasteiger partial charge in [-0.1, -0.05) is 0 Å². The highest BCUT2D eigenvalue weighted by Crippen LogP contribution is 2.14. The van der Waals surface area contributed by atoms with Crippen molar-refractivity contribution >= 4 is 17.4 Å². The van der Waals surface area contributed by atoms with Crippen molar-refractivity contribution in [1.29, 1.82) is 0 Å². The van der Waals surface area contributed by atoms with Gasteiger partial charge in [0.25, 0.3) is 0 Å². The maximum Gasteiger partial charge on any atom is 0.241 e. The molecule has 1 rings (SSSR count). The molecule has 1 amide bonds. The Balaban J connectivity index is 2.61. The maximum absolute atomic E-state index is 11.8. The summed E-state index contributed by atoms with van der Waals surface area (Å²) in [6, 6.07) is 3.62. The number of nitrogens with zero attached hydrogens (tertiary/aromatic N) is 2. The molecular weight excluding hydrogens is 216 g/mol. The van der Waals surface area contributed by atoms with Crippen molar-refractivity contribution in [2.45, 2.75) is 20.8 Å². The first-order chi connectivity index (χ1) is 8.08. The number of carbonyl (C=O) groups excluding carboxylic acids is 1. The third-order valence-corrected chi connectivity index (χ3v) is 2.59. The Kier molecular flexibility index (Phi) is 4.75. The topological polar surface area (TPSA) is 71.2 Å². The minimum atomic E-state index is 0.0534. The van der Waals surface area contributed by atoms with Crippen molar-refractivity contribution in [3.8, 4) is 0 Å². The summed E-state index contributed by atoms with van der Waals surface area (Å²) < 4.78 is 0. The van der Waals surface area contributed by atoms with Gasteiger partial charge in [-0.25, -0.2) is 4.98 Å². The molecule has 0 unspecified atom stereocenters. The smallest absolute Gasteiger partial charge is 0.241 e. The van der Waals surface area contributed by atoms with Crippen LogP contribution in [0.3, 0.4) is 0 Å². The summed E-state index contributed by atoms with van der Waals surface area (Å²) in [5.41, 5.74) is 7.20. The number of likely N-dealkylation sites (N-methyl/N-ethyl adjacent to an activating group) is 1. The molecule has 0 saturated carbocycles. The number of hydrogen-bond donors (Lipinski definition) is 2. The van der Waals surface area contributed by atoms with Gasteiger partial charge in [0, 0.05) is 18.8 Å². The molecule has 5 heteroatoms. The number of nitrogens with one attached hydrogen (secondary N) is 1. The van der Waals surface area contributed by atoms with Crippen LogP contribution in [0.25, 0.3) is 0 Å². The van der Waals surface area contributed by atoms with Crippen LogP contribution in [0.4, 0.5) is 11.5 Å². The first kappa shape index (κ1) is 13.3. The second kappa shape index (κ2) is 6.08. The maximum atomic E-state index is 11.8. The van der Waals surface area contributed by atoms with Crippen LogP contribution in [-0.2, 0) is 4.79 Å². The molecule has 1 heterocycles. The Morgan fingerprint density at radius 2 is 2.06 bits per heavy atom. The zero-order valence-corrected chi connectivity index (χ0v) is 10.7. The number of hydrogen-bond acceptors (Lipinski definition) is 4. The van der Waals surface area contributed by atoms with E-state index in [0.29, 0.717) is 24.6 Å². The number of aryl methyl sites for hydroxylation is 1. The molecule has 0 aliphatic heterocycles. The summed E-state index contributed by atoms with van der Waals surface area (Å²) in [6.07, 6.45) is 0. The van der Waals surface area contributed by atoms with E-state index in [1.54, 1.807) is 11.0 Å². The normalized spacial score (nSPS) is 10.1. The van der Waals surface area contributed by atoms with E-state index in [2.05, 4.69) is 10.3 Å². The predicted molar refractivity (Wildman–Crippen MR) is 69.8 cm³/mol. The summed E-state index contributed by atoms with van der Waals surface area (Å²) in [4.78, 5) is 17.8. The van der Waals surface area contributed by atoms with E-state index >= 15 is 0 Å². The molecule has 0 atom stereocenters. The molecular formula is C12H20N4O. The number of anilines is 2. The van der Waals surface area contributed by atoms with Crippen LogP contribution in [0.2, 0.25) is 0 Å². The van der Waals surface area contributed by atoms with E-state index in [1.165, 1.54) is 0 Å². The van der Waals surface area contributed by atoms with Gasteiger partial charge < -0.3 is 16.0 Å². The number of amides is 1. The Morgan fingerprint density at radius 3 is 2.65 bits per heavy atom. The zero-order chi connectivity index (χ0) is 12.8. The minimum Gasteiger partial charge on any atom is -0.396 e. The second-order valence-electron chi connectivity index (χ2n) is 3.81. The predicted octanol–water partition coefficient (Wildman–Crippen LogP) is 1.25. The van der Waals surface area contributed by atoms with Crippen molar-refractivity contribution in [3.05, 3.63) is 17.8 Å². The molecule has 0 saturated heterocycles. The SMILES string of the molecule is CCN(CC)C(=O)CNc1nc(C)ccc1N. The molecule has 5 nitrogen and oxygen atoms in total.